The molecule has 0 saturated heterocycles. The summed E-state index contributed by atoms with van der Waals surface area (Å²) in [5.41, 5.74) is 2.10. The third-order valence-corrected chi connectivity index (χ3v) is 3.60. The van der Waals surface area contributed by atoms with E-state index in [9.17, 15) is 4.79 Å². The number of likely N-dealkylation sites (N-methyl/N-ethyl adjacent to an activating group) is 1. The van der Waals surface area contributed by atoms with Crippen LogP contribution in [0, 0.1) is 0 Å². The molecular formula is C18H26N4O3. The highest BCUT2D eigenvalue weighted by molar-refractivity contribution is 5.80. The molecule has 2 rings (SSSR count). The van der Waals surface area contributed by atoms with Gasteiger partial charge in [0.15, 0.2) is 17.6 Å². The number of aromatic amines is 1. The van der Waals surface area contributed by atoms with E-state index in [0.29, 0.717) is 31.2 Å². The minimum atomic E-state index is -0.571. The summed E-state index contributed by atoms with van der Waals surface area (Å²) in [4.78, 5) is 13.5. The molecule has 25 heavy (non-hydrogen) atoms. The summed E-state index contributed by atoms with van der Waals surface area (Å²) in [5, 5.41) is 10.2. The SMILES string of the molecule is CCOc1cc(CNCc2ccn[nH]2)ccc1O[C@@H](C)C(=O)N(C)C. The lowest BCUT2D eigenvalue weighted by molar-refractivity contribution is -0.135. The van der Waals surface area contributed by atoms with Gasteiger partial charge in [-0.25, -0.2) is 0 Å². The molecule has 0 fully saturated rings. The van der Waals surface area contributed by atoms with E-state index in [1.807, 2.05) is 31.2 Å². The molecule has 7 nitrogen and oxygen atoms in total. The fraction of sp³-hybridized carbons (Fsp3) is 0.444. The van der Waals surface area contributed by atoms with Crippen molar-refractivity contribution in [3.05, 3.63) is 41.7 Å². The number of benzene rings is 1. The fourth-order valence-corrected chi connectivity index (χ4v) is 2.36. The number of nitrogens with zero attached hydrogens (tertiary/aromatic N) is 2. The molecule has 0 bridgehead atoms. The lowest BCUT2D eigenvalue weighted by atomic mass is 10.2. The smallest absolute Gasteiger partial charge is 0.262 e. The molecular weight excluding hydrogens is 320 g/mol. The molecule has 136 valence electrons. The average Bonchev–Trinajstić information content (AvgIpc) is 3.09. The van der Waals surface area contributed by atoms with Crippen LogP contribution in [-0.2, 0) is 17.9 Å². The first-order valence-corrected chi connectivity index (χ1v) is 8.33. The summed E-state index contributed by atoms with van der Waals surface area (Å²) in [6.07, 6.45) is 1.16. The van der Waals surface area contributed by atoms with Crippen LogP contribution in [0.1, 0.15) is 25.1 Å². The minimum absolute atomic E-state index is 0.0900. The topological polar surface area (TPSA) is 79.5 Å². The number of nitrogens with one attached hydrogen (secondary N) is 2. The molecule has 0 aliphatic carbocycles. The highest BCUT2D eigenvalue weighted by Crippen LogP contribution is 2.29. The van der Waals surface area contributed by atoms with Crippen molar-refractivity contribution in [2.24, 2.45) is 0 Å². The van der Waals surface area contributed by atoms with Gasteiger partial charge in [0.2, 0.25) is 0 Å². The Morgan fingerprint density at radius 3 is 2.72 bits per heavy atom. The highest BCUT2D eigenvalue weighted by Gasteiger charge is 2.18. The fourth-order valence-electron chi connectivity index (χ4n) is 2.36. The number of hydrogen-bond acceptors (Lipinski definition) is 5. The van der Waals surface area contributed by atoms with Crippen molar-refractivity contribution in [2.45, 2.75) is 33.0 Å². The largest absolute Gasteiger partial charge is 0.490 e. The Morgan fingerprint density at radius 1 is 1.28 bits per heavy atom. The van der Waals surface area contributed by atoms with E-state index < -0.39 is 6.10 Å². The molecule has 7 heteroatoms. The lowest BCUT2D eigenvalue weighted by Crippen LogP contribution is -2.35. The number of carbonyl (C=O) groups excluding carboxylic acids is 1. The zero-order valence-corrected chi connectivity index (χ0v) is 15.2. The van der Waals surface area contributed by atoms with Gasteiger partial charge >= 0.3 is 0 Å². The van der Waals surface area contributed by atoms with E-state index in [0.717, 1.165) is 11.3 Å². The van der Waals surface area contributed by atoms with Gasteiger partial charge in [0.1, 0.15) is 0 Å². The first-order chi connectivity index (χ1) is 12.0. The second-order valence-electron chi connectivity index (χ2n) is 5.89. The molecule has 0 aliphatic heterocycles. The quantitative estimate of drug-likeness (QED) is 0.725. The van der Waals surface area contributed by atoms with Crippen LogP contribution >= 0.6 is 0 Å². The van der Waals surface area contributed by atoms with Gasteiger partial charge in [0.25, 0.3) is 5.91 Å². The molecule has 1 aromatic carbocycles. The van der Waals surface area contributed by atoms with E-state index in [1.54, 1.807) is 27.2 Å². The molecule has 1 amide bonds. The highest BCUT2D eigenvalue weighted by atomic mass is 16.5. The van der Waals surface area contributed by atoms with Crippen LogP contribution in [0.4, 0.5) is 0 Å². The van der Waals surface area contributed by atoms with Gasteiger partial charge in [-0.3, -0.25) is 9.89 Å². The standard InChI is InChI=1S/C18H26N4O3/c1-5-24-17-10-14(11-19-12-15-8-9-20-21-15)6-7-16(17)25-13(2)18(23)22(3)4/h6-10,13,19H,5,11-12H2,1-4H3,(H,20,21)/t13-/m0/s1. The number of H-pyrrole nitrogens is 1. The van der Waals surface area contributed by atoms with Gasteiger partial charge in [-0.15, -0.1) is 0 Å². The Morgan fingerprint density at radius 2 is 2.08 bits per heavy atom. The van der Waals surface area contributed by atoms with Crippen molar-refractivity contribution < 1.29 is 14.3 Å². The number of carbonyl (C=O) groups is 1. The van der Waals surface area contributed by atoms with E-state index in [4.69, 9.17) is 9.47 Å². The number of hydrogen-bond donors (Lipinski definition) is 2. The maximum absolute atomic E-state index is 12.0. The Kier molecular flexibility index (Phi) is 6.82. The number of aromatic nitrogens is 2. The summed E-state index contributed by atoms with van der Waals surface area (Å²) in [5.74, 6) is 1.12. The third kappa shape index (κ3) is 5.49. The van der Waals surface area contributed by atoms with Crippen LogP contribution in [0.2, 0.25) is 0 Å². The third-order valence-electron chi connectivity index (χ3n) is 3.60. The van der Waals surface area contributed by atoms with Crippen LogP contribution in [0.15, 0.2) is 30.5 Å². The molecule has 1 aromatic heterocycles. The van der Waals surface area contributed by atoms with Gasteiger partial charge in [-0.05, 0) is 37.6 Å². The van der Waals surface area contributed by atoms with Crippen molar-refractivity contribution in [1.82, 2.24) is 20.4 Å². The molecule has 0 aliphatic rings. The summed E-state index contributed by atoms with van der Waals surface area (Å²) in [6, 6.07) is 7.67. The zero-order chi connectivity index (χ0) is 18.2. The second kappa shape index (κ2) is 9.08. The molecule has 2 aromatic rings. The van der Waals surface area contributed by atoms with Gasteiger partial charge in [-0.1, -0.05) is 6.07 Å². The normalized spacial score (nSPS) is 11.8. The van der Waals surface area contributed by atoms with Crippen molar-refractivity contribution >= 4 is 5.91 Å². The molecule has 0 spiro atoms. The zero-order valence-electron chi connectivity index (χ0n) is 15.2. The number of ether oxygens (including phenoxy) is 2. The van der Waals surface area contributed by atoms with Crippen LogP contribution in [0.3, 0.4) is 0 Å². The molecule has 0 unspecified atom stereocenters. The maximum atomic E-state index is 12.0. The van der Waals surface area contributed by atoms with E-state index in [2.05, 4.69) is 15.5 Å². The average molecular weight is 346 g/mol. The Hall–Kier alpha value is -2.54. The van der Waals surface area contributed by atoms with Crippen molar-refractivity contribution in [3.63, 3.8) is 0 Å². The molecule has 1 atom stereocenters. The Bertz CT molecular complexity index is 671. The maximum Gasteiger partial charge on any atom is 0.262 e. The predicted molar refractivity (Wildman–Crippen MR) is 95.5 cm³/mol. The van der Waals surface area contributed by atoms with Gasteiger partial charge in [0.05, 0.1) is 6.61 Å². The molecule has 0 radical (unpaired) electrons. The summed E-state index contributed by atoms with van der Waals surface area (Å²) in [7, 11) is 3.42. The first-order valence-electron chi connectivity index (χ1n) is 8.33. The van der Waals surface area contributed by atoms with E-state index in [1.165, 1.54) is 4.90 Å². The molecule has 2 N–H and O–H groups in total. The number of amides is 1. The van der Waals surface area contributed by atoms with E-state index >= 15 is 0 Å². The van der Waals surface area contributed by atoms with Gasteiger partial charge in [-0.2, -0.15) is 5.10 Å². The van der Waals surface area contributed by atoms with Crippen molar-refractivity contribution in [1.29, 1.82) is 0 Å². The second-order valence-corrected chi connectivity index (χ2v) is 5.89. The van der Waals surface area contributed by atoms with Crippen LogP contribution < -0.4 is 14.8 Å². The Balaban J connectivity index is 2.01. The predicted octanol–water partition coefficient (Wildman–Crippen LogP) is 1.95. The number of rotatable bonds is 9. The summed E-state index contributed by atoms with van der Waals surface area (Å²) < 4.78 is 11.5. The van der Waals surface area contributed by atoms with Crippen molar-refractivity contribution in [2.75, 3.05) is 20.7 Å². The lowest BCUT2D eigenvalue weighted by Gasteiger charge is -2.20. The minimum Gasteiger partial charge on any atom is -0.490 e. The first kappa shape index (κ1) is 18.8. The van der Waals surface area contributed by atoms with Crippen LogP contribution in [0.25, 0.3) is 0 Å². The molecule has 1 heterocycles. The Labute approximate surface area is 148 Å². The molecule has 0 saturated carbocycles. The van der Waals surface area contributed by atoms with Crippen LogP contribution in [0.5, 0.6) is 11.5 Å². The van der Waals surface area contributed by atoms with Gasteiger partial charge in [0, 0.05) is 39.1 Å². The summed E-state index contributed by atoms with van der Waals surface area (Å²) in [6.45, 7) is 5.57. The monoisotopic (exact) mass is 346 g/mol. The summed E-state index contributed by atoms with van der Waals surface area (Å²) >= 11 is 0. The van der Waals surface area contributed by atoms with Crippen LogP contribution in [-0.4, -0.2) is 47.8 Å². The van der Waals surface area contributed by atoms with Crippen molar-refractivity contribution in [3.8, 4) is 11.5 Å². The van der Waals surface area contributed by atoms with E-state index in [-0.39, 0.29) is 5.91 Å². The van der Waals surface area contributed by atoms with Gasteiger partial charge < -0.3 is 19.7 Å².